The second-order valence-corrected chi connectivity index (χ2v) is 3.25. The fraction of sp³-hybridized carbons (Fsp3) is 0.143. The van der Waals surface area contributed by atoms with Crippen LogP contribution in [0, 0.1) is 6.92 Å². The van der Waals surface area contributed by atoms with Crippen LogP contribution in [-0.4, -0.2) is 15.0 Å². The van der Waals surface area contributed by atoms with E-state index in [2.05, 4.69) is 15.0 Å². The standard InChI is InChI=1S/C7H7N3S/c1-5-10-6(4-11-5)7-8-2-3-9-7/h2-4H,1H3,(H,8,9). The van der Waals surface area contributed by atoms with Crippen molar-refractivity contribution in [1.82, 2.24) is 15.0 Å². The van der Waals surface area contributed by atoms with Gasteiger partial charge < -0.3 is 4.98 Å². The van der Waals surface area contributed by atoms with Crippen LogP contribution in [0.5, 0.6) is 0 Å². The van der Waals surface area contributed by atoms with Gasteiger partial charge in [-0.3, -0.25) is 0 Å². The van der Waals surface area contributed by atoms with Crippen LogP contribution in [0.1, 0.15) is 5.01 Å². The van der Waals surface area contributed by atoms with E-state index >= 15 is 0 Å². The molecule has 0 aliphatic rings. The average Bonchev–Trinajstić information content (AvgIpc) is 2.55. The highest BCUT2D eigenvalue weighted by Crippen LogP contribution is 2.16. The Hall–Kier alpha value is -1.16. The van der Waals surface area contributed by atoms with Crippen LogP contribution in [-0.2, 0) is 0 Å². The second-order valence-electron chi connectivity index (χ2n) is 2.19. The number of aromatic amines is 1. The molecule has 2 aromatic rings. The normalized spacial score (nSPS) is 10.3. The molecular formula is C7H7N3S. The van der Waals surface area contributed by atoms with Gasteiger partial charge >= 0.3 is 0 Å². The highest BCUT2D eigenvalue weighted by atomic mass is 32.1. The number of nitrogens with one attached hydrogen (secondary N) is 1. The van der Waals surface area contributed by atoms with Crippen molar-refractivity contribution in [3.8, 4) is 11.5 Å². The topological polar surface area (TPSA) is 41.6 Å². The van der Waals surface area contributed by atoms with Gasteiger partial charge in [-0.1, -0.05) is 0 Å². The van der Waals surface area contributed by atoms with Gasteiger partial charge in [0.05, 0.1) is 5.01 Å². The zero-order valence-corrected chi connectivity index (χ0v) is 6.85. The summed E-state index contributed by atoms with van der Waals surface area (Å²) < 4.78 is 0. The Morgan fingerprint density at radius 3 is 3.00 bits per heavy atom. The smallest absolute Gasteiger partial charge is 0.156 e. The summed E-state index contributed by atoms with van der Waals surface area (Å²) in [5.41, 5.74) is 0.928. The van der Waals surface area contributed by atoms with Crippen molar-refractivity contribution < 1.29 is 0 Å². The summed E-state index contributed by atoms with van der Waals surface area (Å²) in [7, 11) is 0. The number of thiazole rings is 1. The lowest BCUT2D eigenvalue weighted by Gasteiger charge is -1.85. The first kappa shape index (κ1) is 6.54. The van der Waals surface area contributed by atoms with Gasteiger partial charge in [-0.15, -0.1) is 11.3 Å². The molecule has 0 unspecified atom stereocenters. The fourth-order valence-electron chi connectivity index (χ4n) is 0.878. The van der Waals surface area contributed by atoms with Crippen LogP contribution < -0.4 is 0 Å². The molecule has 4 heteroatoms. The van der Waals surface area contributed by atoms with Crippen LogP contribution in [0.15, 0.2) is 17.8 Å². The molecule has 2 aromatic heterocycles. The molecule has 0 spiro atoms. The lowest BCUT2D eigenvalue weighted by atomic mass is 10.5. The van der Waals surface area contributed by atoms with Crippen LogP contribution in [0.25, 0.3) is 11.5 Å². The minimum absolute atomic E-state index is 0.842. The summed E-state index contributed by atoms with van der Waals surface area (Å²) in [4.78, 5) is 11.4. The SMILES string of the molecule is Cc1nc(-c2ncc[nH]2)cs1. The van der Waals surface area contributed by atoms with Gasteiger partial charge in [-0.05, 0) is 6.92 Å². The number of aromatic nitrogens is 3. The summed E-state index contributed by atoms with van der Waals surface area (Å²) in [6, 6.07) is 0. The molecule has 0 aliphatic heterocycles. The third-order valence-electron chi connectivity index (χ3n) is 1.36. The fourth-order valence-corrected chi connectivity index (χ4v) is 1.48. The predicted octanol–water partition coefficient (Wildman–Crippen LogP) is 1.84. The molecule has 2 rings (SSSR count). The zero-order chi connectivity index (χ0) is 7.68. The van der Waals surface area contributed by atoms with Crippen LogP contribution in [0.3, 0.4) is 0 Å². The maximum Gasteiger partial charge on any atom is 0.156 e. The van der Waals surface area contributed by atoms with Crippen molar-refractivity contribution >= 4 is 11.3 Å². The summed E-state index contributed by atoms with van der Waals surface area (Å²) >= 11 is 1.63. The third-order valence-corrected chi connectivity index (χ3v) is 2.13. The van der Waals surface area contributed by atoms with Gasteiger partial charge in [0, 0.05) is 17.8 Å². The van der Waals surface area contributed by atoms with E-state index in [1.807, 2.05) is 12.3 Å². The second kappa shape index (κ2) is 2.47. The lowest BCUT2D eigenvalue weighted by molar-refractivity contribution is 1.22. The van der Waals surface area contributed by atoms with Gasteiger partial charge in [-0.2, -0.15) is 0 Å². The molecule has 0 fully saturated rings. The van der Waals surface area contributed by atoms with Gasteiger partial charge in [0.25, 0.3) is 0 Å². The van der Waals surface area contributed by atoms with Crippen molar-refractivity contribution in [1.29, 1.82) is 0 Å². The van der Waals surface area contributed by atoms with Crippen molar-refractivity contribution in [2.45, 2.75) is 6.92 Å². The van der Waals surface area contributed by atoms with Gasteiger partial charge in [0.2, 0.25) is 0 Å². The van der Waals surface area contributed by atoms with Crippen LogP contribution in [0.4, 0.5) is 0 Å². The summed E-state index contributed by atoms with van der Waals surface area (Å²) in [6.07, 6.45) is 3.52. The largest absolute Gasteiger partial charge is 0.343 e. The first-order valence-corrected chi connectivity index (χ1v) is 4.16. The number of H-pyrrole nitrogens is 1. The predicted molar refractivity (Wildman–Crippen MR) is 44.4 cm³/mol. The van der Waals surface area contributed by atoms with Crippen LogP contribution in [0.2, 0.25) is 0 Å². The molecular weight excluding hydrogens is 158 g/mol. The molecule has 0 radical (unpaired) electrons. The molecule has 0 amide bonds. The Morgan fingerprint density at radius 1 is 1.55 bits per heavy atom. The van der Waals surface area contributed by atoms with E-state index in [0.29, 0.717) is 0 Å². The molecule has 1 N–H and O–H groups in total. The van der Waals surface area contributed by atoms with Crippen molar-refractivity contribution in [3.05, 3.63) is 22.8 Å². The number of nitrogens with zero attached hydrogens (tertiary/aromatic N) is 2. The number of rotatable bonds is 1. The van der Waals surface area contributed by atoms with Crippen molar-refractivity contribution in [3.63, 3.8) is 0 Å². The number of hydrogen-bond acceptors (Lipinski definition) is 3. The molecule has 0 saturated carbocycles. The van der Waals surface area contributed by atoms with Gasteiger partial charge in [-0.25, -0.2) is 9.97 Å². The van der Waals surface area contributed by atoms with Gasteiger partial charge in [0.1, 0.15) is 5.69 Å². The van der Waals surface area contributed by atoms with E-state index in [-0.39, 0.29) is 0 Å². The minimum Gasteiger partial charge on any atom is -0.343 e. The van der Waals surface area contributed by atoms with E-state index < -0.39 is 0 Å². The minimum atomic E-state index is 0.842. The Balaban J connectivity index is 2.45. The Labute approximate surface area is 68.1 Å². The Morgan fingerprint density at radius 2 is 2.45 bits per heavy atom. The first-order valence-electron chi connectivity index (χ1n) is 3.28. The molecule has 0 atom stereocenters. The highest BCUT2D eigenvalue weighted by Gasteiger charge is 2.01. The zero-order valence-electron chi connectivity index (χ0n) is 6.03. The van der Waals surface area contributed by atoms with E-state index in [4.69, 9.17) is 0 Å². The summed E-state index contributed by atoms with van der Waals surface area (Å²) in [5.74, 6) is 0.842. The molecule has 56 valence electrons. The molecule has 11 heavy (non-hydrogen) atoms. The molecule has 0 saturated heterocycles. The quantitative estimate of drug-likeness (QED) is 0.700. The number of hydrogen-bond donors (Lipinski definition) is 1. The van der Waals surface area contributed by atoms with Crippen molar-refractivity contribution in [2.24, 2.45) is 0 Å². The molecule has 0 aromatic carbocycles. The summed E-state index contributed by atoms with van der Waals surface area (Å²) in [6.45, 7) is 1.98. The van der Waals surface area contributed by atoms with E-state index in [1.54, 1.807) is 23.7 Å². The van der Waals surface area contributed by atoms with E-state index in [1.165, 1.54) is 0 Å². The maximum absolute atomic E-state index is 4.28. The van der Waals surface area contributed by atoms with Crippen LogP contribution >= 0.6 is 11.3 Å². The maximum atomic E-state index is 4.28. The monoisotopic (exact) mass is 165 g/mol. The van der Waals surface area contributed by atoms with E-state index in [9.17, 15) is 0 Å². The highest BCUT2D eigenvalue weighted by molar-refractivity contribution is 7.09. The molecule has 3 nitrogen and oxygen atoms in total. The Bertz CT molecular complexity index is 336. The number of imidazole rings is 1. The number of aryl methyl sites for hydroxylation is 1. The lowest BCUT2D eigenvalue weighted by Crippen LogP contribution is -1.79. The molecule has 0 bridgehead atoms. The van der Waals surface area contributed by atoms with Crippen molar-refractivity contribution in [2.75, 3.05) is 0 Å². The third kappa shape index (κ3) is 1.17. The average molecular weight is 165 g/mol. The van der Waals surface area contributed by atoms with Gasteiger partial charge in [0.15, 0.2) is 5.82 Å². The van der Waals surface area contributed by atoms with E-state index in [0.717, 1.165) is 16.5 Å². The molecule has 0 aliphatic carbocycles. The first-order chi connectivity index (χ1) is 5.36. The summed E-state index contributed by atoms with van der Waals surface area (Å²) in [5, 5.41) is 3.06. The Kier molecular flexibility index (Phi) is 1.47. The molecule has 2 heterocycles.